The van der Waals surface area contributed by atoms with Gasteiger partial charge in [0.15, 0.2) is 0 Å². The van der Waals surface area contributed by atoms with Gasteiger partial charge >= 0.3 is 0 Å². The van der Waals surface area contributed by atoms with Crippen LogP contribution in [0.15, 0.2) is 36.9 Å². The lowest BCUT2D eigenvalue weighted by molar-refractivity contribution is 0.261. The molecule has 0 saturated carbocycles. The van der Waals surface area contributed by atoms with Crippen LogP contribution in [-0.4, -0.2) is 45.8 Å². The van der Waals surface area contributed by atoms with E-state index in [0.717, 1.165) is 13.1 Å². The van der Waals surface area contributed by atoms with Gasteiger partial charge in [-0.1, -0.05) is 12.1 Å². The smallest absolute Gasteiger partial charge is 0.137 e. The van der Waals surface area contributed by atoms with Crippen LogP contribution in [0.1, 0.15) is 18.4 Å². The predicted octanol–water partition coefficient (Wildman–Crippen LogP) is 1.83. The molecule has 1 unspecified atom stereocenters. The number of aromatic nitrogens is 3. The van der Waals surface area contributed by atoms with Crippen molar-refractivity contribution in [2.75, 3.05) is 25.5 Å². The van der Waals surface area contributed by atoms with E-state index in [9.17, 15) is 0 Å². The molecule has 0 spiro atoms. The van der Waals surface area contributed by atoms with Crippen LogP contribution in [0.4, 0.5) is 5.69 Å². The third-order valence-corrected chi connectivity index (χ3v) is 3.73. The number of benzene rings is 1. The van der Waals surface area contributed by atoms with Crippen molar-refractivity contribution in [3.63, 3.8) is 0 Å². The monoisotopic (exact) mass is 271 g/mol. The summed E-state index contributed by atoms with van der Waals surface area (Å²) in [5, 5.41) is 7.79. The van der Waals surface area contributed by atoms with Crippen molar-refractivity contribution < 1.29 is 0 Å². The van der Waals surface area contributed by atoms with E-state index in [4.69, 9.17) is 0 Å². The molecule has 3 rings (SSSR count). The fourth-order valence-corrected chi connectivity index (χ4v) is 2.78. The molecule has 2 heterocycles. The van der Waals surface area contributed by atoms with Gasteiger partial charge in [0.05, 0.1) is 6.54 Å². The Hall–Kier alpha value is -1.88. The van der Waals surface area contributed by atoms with Crippen LogP contribution in [-0.2, 0) is 6.54 Å². The van der Waals surface area contributed by atoms with Gasteiger partial charge in [-0.3, -0.25) is 0 Å². The molecule has 1 N–H and O–H groups in total. The number of piperidine rings is 1. The van der Waals surface area contributed by atoms with Crippen molar-refractivity contribution in [2.45, 2.75) is 25.4 Å². The van der Waals surface area contributed by atoms with Crippen LogP contribution in [0.2, 0.25) is 0 Å². The lowest BCUT2D eigenvalue weighted by atomic mass is 10.1. The first kappa shape index (κ1) is 13.1. The molecule has 1 aromatic carbocycles. The summed E-state index contributed by atoms with van der Waals surface area (Å²) in [6.45, 7) is 3.10. The summed E-state index contributed by atoms with van der Waals surface area (Å²) in [7, 11) is 2.19. The number of nitrogens with one attached hydrogen (secondary N) is 1. The summed E-state index contributed by atoms with van der Waals surface area (Å²) < 4.78 is 1.84. The summed E-state index contributed by atoms with van der Waals surface area (Å²) in [5.74, 6) is 0. The molecule has 5 nitrogen and oxygen atoms in total. The van der Waals surface area contributed by atoms with Crippen molar-refractivity contribution in [3.05, 3.63) is 42.5 Å². The Balaban J connectivity index is 1.65. The molecule has 0 radical (unpaired) electrons. The van der Waals surface area contributed by atoms with Crippen LogP contribution >= 0.6 is 0 Å². The lowest BCUT2D eigenvalue weighted by Crippen LogP contribution is -2.39. The minimum absolute atomic E-state index is 0.551. The largest absolute Gasteiger partial charge is 0.381 e. The minimum Gasteiger partial charge on any atom is -0.381 e. The molecule has 2 aromatic rings. The van der Waals surface area contributed by atoms with E-state index >= 15 is 0 Å². The Morgan fingerprint density at radius 2 is 2.35 bits per heavy atom. The second-order valence-corrected chi connectivity index (χ2v) is 5.54. The molecule has 0 amide bonds. The van der Waals surface area contributed by atoms with Crippen LogP contribution in [0.25, 0.3) is 0 Å². The van der Waals surface area contributed by atoms with E-state index in [2.05, 4.69) is 51.6 Å². The molecular weight excluding hydrogens is 250 g/mol. The van der Waals surface area contributed by atoms with E-state index in [-0.39, 0.29) is 0 Å². The van der Waals surface area contributed by atoms with Crippen LogP contribution in [0.5, 0.6) is 0 Å². The topological polar surface area (TPSA) is 46.0 Å². The Morgan fingerprint density at radius 1 is 1.40 bits per heavy atom. The molecule has 0 aliphatic carbocycles. The number of nitrogens with zero attached hydrogens (tertiary/aromatic N) is 4. The van der Waals surface area contributed by atoms with Crippen molar-refractivity contribution in [2.24, 2.45) is 0 Å². The van der Waals surface area contributed by atoms with Crippen molar-refractivity contribution in [3.8, 4) is 0 Å². The Labute approximate surface area is 119 Å². The first-order valence-corrected chi connectivity index (χ1v) is 7.16. The highest BCUT2D eigenvalue weighted by molar-refractivity contribution is 5.46. The highest BCUT2D eigenvalue weighted by Gasteiger charge is 2.16. The SMILES string of the molecule is CN1CCCC(Nc2cccc(Cn3cncn3)c2)C1. The number of hydrogen-bond donors (Lipinski definition) is 1. The maximum absolute atomic E-state index is 4.15. The summed E-state index contributed by atoms with van der Waals surface area (Å²) in [5.41, 5.74) is 2.44. The van der Waals surface area contributed by atoms with Crippen LogP contribution in [0, 0.1) is 0 Å². The number of likely N-dealkylation sites (N-methyl/N-ethyl adjacent to an activating group) is 1. The molecular formula is C15H21N5. The van der Waals surface area contributed by atoms with Gasteiger partial charge in [-0.2, -0.15) is 5.10 Å². The zero-order valence-corrected chi connectivity index (χ0v) is 11.9. The Bertz CT molecular complexity index is 537. The van der Waals surface area contributed by atoms with Gasteiger partial charge in [0.2, 0.25) is 0 Å². The van der Waals surface area contributed by atoms with Crippen molar-refractivity contribution in [1.82, 2.24) is 19.7 Å². The zero-order chi connectivity index (χ0) is 13.8. The van der Waals surface area contributed by atoms with E-state index in [1.54, 1.807) is 12.7 Å². The van der Waals surface area contributed by atoms with E-state index < -0.39 is 0 Å². The second-order valence-electron chi connectivity index (χ2n) is 5.54. The van der Waals surface area contributed by atoms with Crippen LogP contribution in [0.3, 0.4) is 0 Å². The number of anilines is 1. The molecule has 1 saturated heterocycles. The highest BCUT2D eigenvalue weighted by atomic mass is 15.3. The molecule has 5 heteroatoms. The van der Waals surface area contributed by atoms with Gasteiger partial charge in [0, 0.05) is 18.3 Å². The predicted molar refractivity (Wildman–Crippen MR) is 79.7 cm³/mol. The van der Waals surface area contributed by atoms with Gasteiger partial charge in [0.25, 0.3) is 0 Å². The molecule has 1 aliphatic heterocycles. The first-order valence-electron chi connectivity index (χ1n) is 7.16. The van der Waals surface area contributed by atoms with Crippen LogP contribution < -0.4 is 5.32 Å². The maximum atomic E-state index is 4.15. The van der Waals surface area contributed by atoms with E-state index in [0.29, 0.717) is 6.04 Å². The summed E-state index contributed by atoms with van der Waals surface area (Å²) >= 11 is 0. The Morgan fingerprint density at radius 3 is 3.15 bits per heavy atom. The lowest BCUT2D eigenvalue weighted by Gasteiger charge is -2.31. The van der Waals surface area contributed by atoms with Gasteiger partial charge in [-0.05, 0) is 44.1 Å². The third-order valence-electron chi connectivity index (χ3n) is 3.73. The van der Waals surface area contributed by atoms with E-state index in [1.165, 1.54) is 30.6 Å². The highest BCUT2D eigenvalue weighted by Crippen LogP contribution is 2.17. The van der Waals surface area contributed by atoms with Gasteiger partial charge in [-0.15, -0.1) is 0 Å². The average Bonchev–Trinajstić information content (AvgIpc) is 2.92. The van der Waals surface area contributed by atoms with Crippen molar-refractivity contribution >= 4 is 5.69 Å². The summed E-state index contributed by atoms with van der Waals surface area (Å²) in [4.78, 5) is 6.36. The molecule has 1 aromatic heterocycles. The number of likely N-dealkylation sites (tertiary alicyclic amines) is 1. The molecule has 20 heavy (non-hydrogen) atoms. The van der Waals surface area contributed by atoms with Gasteiger partial charge in [0.1, 0.15) is 12.7 Å². The zero-order valence-electron chi connectivity index (χ0n) is 11.9. The molecule has 0 bridgehead atoms. The third kappa shape index (κ3) is 3.36. The number of hydrogen-bond acceptors (Lipinski definition) is 4. The standard InChI is InChI=1S/C15H21N5/c1-19-7-3-6-15(10-19)18-14-5-2-4-13(8-14)9-20-12-16-11-17-20/h2,4-5,8,11-12,15,18H,3,6-7,9-10H2,1H3. The number of rotatable bonds is 4. The average molecular weight is 271 g/mol. The Kier molecular flexibility index (Phi) is 3.97. The molecule has 1 aliphatic rings. The fourth-order valence-electron chi connectivity index (χ4n) is 2.78. The van der Waals surface area contributed by atoms with Gasteiger partial charge in [-0.25, -0.2) is 9.67 Å². The van der Waals surface area contributed by atoms with Gasteiger partial charge < -0.3 is 10.2 Å². The quantitative estimate of drug-likeness (QED) is 0.921. The fraction of sp³-hybridized carbons (Fsp3) is 0.467. The van der Waals surface area contributed by atoms with E-state index in [1.807, 2.05) is 4.68 Å². The normalized spacial score (nSPS) is 19.9. The first-order chi connectivity index (χ1) is 9.79. The molecule has 1 atom stereocenters. The minimum atomic E-state index is 0.551. The second kappa shape index (κ2) is 6.05. The maximum Gasteiger partial charge on any atom is 0.137 e. The molecule has 106 valence electrons. The molecule has 1 fully saturated rings. The van der Waals surface area contributed by atoms with Crippen molar-refractivity contribution in [1.29, 1.82) is 0 Å². The summed E-state index contributed by atoms with van der Waals surface area (Å²) in [6.07, 6.45) is 5.83. The summed E-state index contributed by atoms with van der Waals surface area (Å²) in [6, 6.07) is 9.12.